The van der Waals surface area contributed by atoms with E-state index in [1.54, 1.807) is 4.68 Å². The van der Waals surface area contributed by atoms with Crippen molar-refractivity contribution >= 4 is 11.3 Å². The van der Waals surface area contributed by atoms with Crippen molar-refractivity contribution in [2.24, 2.45) is 0 Å². The molecule has 0 aliphatic heterocycles. The molecular formula is C12H18N4OS. The molecule has 0 aliphatic carbocycles. The Morgan fingerprint density at radius 1 is 1.50 bits per heavy atom. The van der Waals surface area contributed by atoms with Gasteiger partial charge in [-0.05, 0) is 26.0 Å². The van der Waals surface area contributed by atoms with Crippen LogP contribution >= 0.6 is 11.3 Å². The molecule has 2 rings (SSSR count). The first-order valence-electron chi connectivity index (χ1n) is 5.98. The molecule has 6 heteroatoms. The van der Waals surface area contributed by atoms with E-state index in [0.29, 0.717) is 19.1 Å². The lowest BCUT2D eigenvalue weighted by Crippen LogP contribution is -2.17. The number of thiophene rings is 1. The molecule has 18 heavy (non-hydrogen) atoms. The molecule has 0 aliphatic rings. The van der Waals surface area contributed by atoms with E-state index in [4.69, 9.17) is 5.11 Å². The maximum absolute atomic E-state index is 8.80. The molecule has 0 amide bonds. The smallest absolute Gasteiger partial charge is 0.0965 e. The van der Waals surface area contributed by atoms with Gasteiger partial charge in [-0.3, -0.25) is 0 Å². The second kappa shape index (κ2) is 6.08. The molecule has 0 fully saturated rings. The van der Waals surface area contributed by atoms with Gasteiger partial charge in [-0.1, -0.05) is 5.21 Å². The first kappa shape index (κ1) is 13.2. The summed E-state index contributed by atoms with van der Waals surface area (Å²) < 4.78 is 1.65. The zero-order valence-electron chi connectivity index (χ0n) is 10.6. The molecule has 0 aromatic carbocycles. The minimum absolute atomic E-state index is 0.0844. The summed E-state index contributed by atoms with van der Waals surface area (Å²) in [5.74, 6) is 0. The summed E-state index contributed by atoms with van der Waals surface area (Å²) in [6, 6.07) is 4.60. The molecule has 2 N–H and O–H groups in total. The van der Waals surface area contributed by atoms with Crippen LogP contribution in [0.1, 0.15) is 28.4 Å². The van der Waals surface area contributed by atoms with Crippen molar-refractivity contribution in [2.45, 2.75) is 33.0 Å². The molecule has 0 saturated heterocycles. The van der Waals surface area contributed by atoms with Gasteiger partial charge in [-0.15, -0.1) is 16.4 Å². The Morgan fingerprint density at radius 2 is 2.33 bits per heavy atom. The van der Waals surface area contributed by atoms with Crippen LogP contribution in [0.4, 0.5) is 0 Å². The molecule has 0 spiro atoms. The van der Waals surface area contributed by atoms with Crippen LogP contribution < -0.4 is 5.32 Å². The minimum Gasteiger partial charge on any atom is -0.394 e. The van der Waals surface area contributed by atoms with Crippen molar-refractivity contribution < 1.29 is 5.11 Å². The van der Waals surface area contributed by atoms with Crippen molar-refractivity contribution in [1.29, 1.82) is 0 Å². The highest BCUT2D eigenvalue weighted by Gasteiger charge is 2.08. The highest BCUT2D eigenvalue weighted by atomic mass is 32.1. The monoisotopic (exact) mass is 266 g/mol. The van der Waals surface area contributed by atoms with Gasteiger partial charge in [0, 0.05) is 28.5 Å². The Morgan fingerprint density at radius 3 is 3.00 bits per heavy atom. The number of hydrogen-bond acceptors (Lipinski definition) is 5. The van der Waals surface area contributed by atoms with E-state index in [-0.39, 0.29) is 6.61 Å². The predicted molar refractivity (Wildman–Crippen MR) is 71.4 cm³/mol. The highest BCUT2D eigenvalue weighted by Crippen LogP contribution is 2.22. The fourth-order valence-electron chi connectivity index (χ4n) is 1.68. The van der Waals surface area contributed by atoms with Crippen LogP contribution in [0, 0.1) is 6.92 Å². The van der Waals surface area contributed by atoms with Gasteiger partial charge < -0.3 is 10.4 Å². The molecular weight excluding hydrogens is 248 g/mol. The number of nitrogens with zero attached hydrogens (tertiary/aromatic N) is 3. The van der Waals surface area contributed by atoms with Gasteiger partial charge in [0.05, 0.1) is 18.8 Å². The molecule has 98 valence electrons. The average Bonchev–Trinajstić information content (AvgIpc) is 2.96. The number of aliphatic hydroxyl groups is 1. The summed E-state index contributed by atoms with van der Waals surface area (Å²) in [7, 11) is 0. The fourth-order valence-corrected chi connectivity index (χ4v) is 2.58. The van der Waals surface area contributed by atoms with Gasteiger partial charge in [0.15, 0.2) is 0 Å². The van der Waals surface area contributed by atoms with Crippen LogP contribution in [-0.4, -0.2) is 26.7 Å². The van der Waals surface area contributed by atoms with Crippen molar-refractivity contribution in [3.8, 4) is 0 Å². The summed E-state index contributed by atoms with van der Waals surface area (Å²) in [5, 5.41) is 20.2. The lowest BCUT2D eigenvalue weighted by molar-refractivity contribution is 0.268. The van der Waals surface area contributed by atoms with E-state index < -0.39 is 0 Å². The van der Waals surface area contributed by atoms with Gasteiger partial charge in [0.2, 0.25) is 0 Å². The number of hydrogen-bond donors (Lipinski definition) is 2. The number of nitrogens with one attached hydrogen (secondary N) is 1. The lowest BCUT2D eigenvalue weighted by atomic mass is 10.2. The standard InChI is InChI=1S/C12H18N4OS/c1-9-3-4-12(18-9)10(2)13-7-11-8-16(5-6-17)15-14-11/h3-4,8,10,13,17H,5-7H2,1-2H3. The van der Waals surface area contributed by atoms with E-state index in [2.05, 4.69) is 41.6 Å². The van der Waals surface area contributed by atoms with E-state index in [9.17, 15) is 0 Å². The van der Waals surface area contributed by atoms with E-state index >= 15 is 0 Å². The molecule has 0 radical (unpaired) electrons. The van der Waals surface area contributed by atoms with Crippen LogP contribution in [0.5, 0.6) is 0 Å². The maximum Gasteiger partial charge on any atom is 0.0965 e. The van der Waals surface area contributed by atoms with Crippen LogP contribution in [0.2, 0.25) is 0 Å². The molecule has 0 saturated carbocycles. The number of aromatic nitrogens is 3. The first-order chi connectivity index (χ1) is 8.69. The Bertz CT molecular complexity index is 494. The summed E-state index contributed by atoms with van der Waals surface area (Å²) in [5.41, 5.74) is 0.892. The van der Waals surface area contributed by atoms with Crippen LogP contribution in [0.25, 0.3) is 0 Å². The zero-order chi connectivity index (χ0) is 13.0. The van der Waals surface area contributed by atoms with Crippen LogP contribution in [0.3, 0.4) is 0 Å². The van der Waals surface area contributed by atoms with Crippen LogP contribution in [-0.2, 0) is 13.1 Å². The van der Waals surface area contributed by atoms with Crippen molar-refractivity contribution in [3.63, 3.8) is 0 Å². The lowest BCUT2D eigenvalue weighted by Gasteiger charge is -2.10. The SMILES string of the molecule is Cc1ccc(C(C)NCc2cn(CCO)nn2)s1. The van der Waals surface area contributed by atoms with Gasteiger partial charge in [-0.25, -0.2) is 4.68 Å². The molecule has 2 aromatic rings. The van der Waals surface area contributed by atoms with E-state index in [1.807, 2.05) is 17.5 Å². The van der Waals surface area contributed by atoms with Crippen molar-refractivity contribution in [1.82, 2.24) is 20.3 Å². The van der Waals surface area contributed by atoms with Crippen molar-refractivity contribution in [2.75, 3.05) is 6.61 Å². The van der Waals surface area contributed by atoms with Crippen molar-refractivity contribution in [3.05, 3.63) is 33.8 Å². The fraction of sp³-hybridized carbons (Fsp3) is 0.500. The van der Waals surface area contributed by atoms with Gasteiger partial charge in [-0.2, -0.15) is 0 Å². The molecule has 5 nitrogen and oxygen atoms in total. The Labute approximate surface area is 110 Å². The van der Waals surface area contributed by atoms with Gasteiger partial charge >= 0.3 is 0 Å². The topological polar surface area (TPSA) is 63.0 Å². The second-order valence-electron chi connectivity index (χ2n) is 4.25. The maximum atomic E-state index is 8.80. The largest absolute Gasteiger partial charge is 0.394 e. The van der Waals surface area contributed by atoms with Crippen LogP contribution in [0.15, 0.2) is 18.3 Å². The summed E-state index contributed by atoms with van der Waals surface area (Å²) in [6.07, 6.45) is 1.86. The summed E-state index contributed by atoms with van der Waals surface area (Å²) in [4.78, 5) is 2.66. The minimum atomic E-state index is 0.0844. The van der Waals surface area contributed by atoms with Gasteiger partial charge in [0.25, 0.3) is 0 Å². The molecule has 1 atom stereocenters. The van der Waals surface area contributed by atoms with Gasteiger partial charge in [0.1, 0.15) is 0 Å². The Kier molecular flexibility index (Phi) is 4.46. The summed E-state index contributed by atoms with van der Waals surface area (Å²) in [6.45, 7) is 5.52. The number of rotatable bonds is 6. The molecule has 2 heterocycles. The quantitative estimate of drug-likeness (QED) is 0.831. The average molecular weight is 266 g/mol. The summed E-state index contributed by atoms with van der Waals surface area (Å²) >= 11 is 1.81. The second-order valence-corrected chi connectivity index (χ2v) is 5.57. The third-order valence-electron chi connectivity index (χ3n) is 2.69. The zero-order valence-corrected chi connectivity index (χ0v) is 11.4. The molecule has 1 unspecified atom stereocenters. The highest BCUT2D eigenvalue weighted by molar-refractivity contribution is 7.12. The Balaban J connectivity index is 1.86. The van der Waals surface area contributed by atoms with E-state index in [1.165, 1.54) is 9.75 Å². The third-order valence-corrected chi connectivity index (χ3v) is 3.88. The van der Waals surface area contributed by atoms with E-state index in [0.717, 1.165) is 5.69 Å². The first-order valence-corrected chi connectivity index (χ1v) is 6.80. The predicted octanol–water partition coefficient (Wildman–Crippen LogP) is 1.49. The Hall–Kier alpha value is -1.24. The third kappa shape index (κ3) is 3.38. The number of aryl methyl sites for hydroxylation is 1. The number of aliphatic hydroxyl groups excluding tert-OH is 1. The molecule has 2 aromatic heterocycles. The normalized spacial score (nSPS) is 12.8. The molecule has 0 bridgehead atoms.